The maximum absolute atomic E-state index is 10.4. The van der Waals surface area contributed by atoms with Gasteiger partial charge in [-0.3, -0.25) is 9.45 Å². The van der Waals surface area contributed by atoms with Crippen molar-refractivity contribution in [2.24, 2.45) is 5.73 Å². The van der Waals surface area contributed by atoms with Crippen LogP contribution in [0.5, 0.6) is 0 Å². The lowest BCUT2D eigenvalue weighted by Crippen LogP contribution is -2.38. The molecule has 68 valence electrons. The standard InChI is InChI=1S/C5H14N2O3S/c1-5(7(2)4-6)3-11(8,9)10/h5H,3-4,6H2,1-2H3,(H,8,9,10). The summed E-state index contributed by atoms with van der Waals surface area (Å²) in [7, 11) is -2.19. The molecule has 0 saturated heterocycles. The van der Waals surface area contributed by atoms with E-state index in [2.05, 4.69) is 0 Å². The summed E-state index contributed by atoms with van der Waals surface area (Å²) in [5.41, 5.74) is 5.24. The molecule has 0 radical (unpaired) electrons. The fourth-order valence-electron chi connectivity index (χ4n) is 0.612. The zero-order chi connectivity index (χ0) is 9.07. The van der Waals surface area contributed by atoms with Crippen LogP contribution in [0.15, 0.2) is 0 Å². The Labute approximate surface area is 66.9 Å². The molecule has 5 nitrogen and oxygen atoms in total. The van der Waals surface area contributed by atoms with Gasteiger partial charge in [-0.25, -0.2) is 0 Å². The van der Waals surface area contributed by atoms with E-state index in [1.807, 2.05) is 0 Å². The van der Waals surface area contributed by atoms with Crippen LogP contribution in [-0.4, -0.2) is 43.4 Å². The third-order valence-electron chi connectivity index (χ3n) is 1.49. The quantitative estimate of drug-likeness (QED) is 0.435. The summed E-state index contributed by atoms with van der Waals surface area (Å²) in [4.78, 5) is 1.63. The SMILES string of the molecule is CC(CS(=O)(=O)O)N(C)CN. The van der Waals surface area contributed by atoms with Crippen LogP contribution in [0, 0.1) is 0 Å². The maximum Gasteiger partial charge on any atom is 0.266 e. The first-order chi connectivity index (χ1) is 4.87. The molecule has 0 amide bonds. The number of rotatable bonds is 4. The molecule has 3 N–H and O–H groups in total. The van der Waals surface area contributed by atoms with Crippen molar-refractivity contribution in [3.8, 4) is 0 Å². The largest absolute Gasteiger partial charge is 0.318 e. The summed E-state index contributed by atoms with van der Waals surface area (Å²) in [6.45, 7) is 1.96. The molecule has 1 unspecified atom stereocenters. The molecule has 11 heavy (non-hydrogen) atoms. The predicted molar refractivity (Wildman–Crippen MR) is 42.7 cm³/mol. The van der Waals surface area contributed by atoms with Crippen LogP contribution in [0.1, 0.15) is 6.92 Å². The van der Waals surface area contributed by atoms with E-state index in [-0.39, 0.29) is 18.5 Å². The number of hydrogen-bond acceptors (Lipinski definition) is 4. The summed E-state index contributed by atoms with van der Waals surface area (Å²) in [6, 6.07) is -0.255. The minimum Gasteiger partial charge on any atom is -0.318 e. The molecule has 0 bridgehead atoms. The van der Waals surface area contributed by atoms with Crippen LogP contribution < -0.4 is 5.73 Å². The van der Waals surface area contributed by atoms with Crippen LogP contribution in [0.4, 0.5) is 0 Å². The van der Waals surface area contributed by atoms with Gasteiger partial charge in [0, 0.05) is 12.7 Å². The molecule has 0 spiro atoms. The van der Waals surface area contributed by atoms with E-state index in [1.165, 1.54) is 0 Å². The third-order valence-corrected chi connectivity index (χ3v) is 2.40. The maximum atomic E-state index is 10.4. The van der Waals surface area contributed by atoms with Crippen molar-refractivity contribution in [3.63, 3.8) is 0 Å². The fraction of sp³-hybridized carbons (Fsp3) is 1.00. The van der Waals surface area contributed by atoms with E-state index in [4.69, 9.17) is 10.3 Å². The molecule has 0 rings (SSSR count). The number of nitrogens with two attached hydrogens (primary N) is 1. The van der Waals surface area contributed by atoms with Crippen molar-refractivity contribution in [2.45, 2.75) is 13.0 Å². The van der Waals surface area contributed by atoms with Crippen molar-refractivity contribution in [1.82, 2.24) is 4.90 Å². The van der Waals surface area contributed by atoms with Gasteiger partial charge in [-0.1, -0.05) is 0 Å². The normalized spacial score (nSPS) is 15.4. The Balaban J connectivity index is 3.98. The molecular weight excluding hydrogens is 168 g/mol. The van der Waals surface area contributed by atoms with Crippen LogP contribution in [0.25, 0.3) is 0 Å². The van der Waals surface area contributed by atoms with Gasteiger partial charge >= 0.3 is 0 Å². The second-order valence-corrected chi connectivity index (χ2v) is 4.03. The first-order valence-electron chi connectivity index (χ1n) is 3.22. The molecule has 0 aliphatic carbocycles. The predicted octanol–water partition coefficient (Wildman–Crippen LogP) is -0.889. The number of nitrogens with zero attached hydrogens (tertiary/aromatic N) is 1. The van der Waals surface area contributed by atoms with Crippen molar-refractivity contribution < 1.29 is 13.0 Å². The van der Waals surface area contributed by atoms with Crippen LogP contribution >= 0.6 is 0 Å². The highest BCUT2D eigenvalue weighted by molar-refractivity contribution is 7.85. The van der Waals surface area contributed by atoms with Gasteiger partial charge in [0.15, 0.2) is 0 Å². The van der Waals surface area contributed by atoms with E-state index in [0.717, 1.165) is 0 Å². The second-order valence-electron chi connectivity index (χ2n) is 2.54. The Morgan fingerprint density at radius 2 is 2.09 bits per heavy atom. The minimum atomic E-state index is -3.88. The topological polar surface area (TPSA) is 83.6 Å². The molecule has 0 aromatic rings. The van der Waals surface area contributed by atoms with E-state index in [9.17, 15) is 8.42 Å². The molecule has 0 aromatic carbocycles. The fourth-order valence-corrected chi connectivity index (χ4v) is 1.48. The van der Waals surface area contributed by atoms with Crippen molar-refractivity contribution in [1.29, 1.82) is 0 Å². The third kappa shape index (κ3) is 5.14. The van der Waals surface area contributed by atoms with Gasteiger partial charge in [-0.15, -0.1) is 0 Å². The summed E-state index contributed by atoms with van der Waals surface area (Å²) in [5.74, 6) is -0.277. The van der Waals surface area contributed by atoms with E-state index < -0.39 is 10.1 Å². The molecule has 1 atom stereocenters. The van der Waals surface area contributed by atoms with E-state index in [0.29, 0.717) is 0 Å². The highest BCUT2D eigenvalue weighted by atomic mass is 32.2. The molecule has 0 aliphatic rings. The Morgan fingerprint density at radius 3 is 2.36 bits per heavy atom. The lowest BCUT2D eigenvalue weighted by Gasteiger charge is -2.20. The Morgan fingerprint density at radius 1 is 1.64 bits per heavy atom. The Hall–Kier alpha value is -0.170. The van der Waals surface area contributed by atoms with E-state index in [1.54, 1.807) is 18.9 Å². The lowest BCUT2D eigenvalue weighted by molar-refractivity contribution is 0.280. The van der Waals surface area contributed by atoms with Crippen molar-refractivity contribution in [2.75, 3.05) is 19.5 Å². The first-order valence-corrected chi connectivity index (χ1v) is 4.83. The zero-order valence-corrected chi connectivity index (χ0v) is 7.50. The molecule has 0 heterocycles. The first kappa shape index (κ1) is 10.8. The van der Waals surface area contributed by atoms with Crippen LogP contribution in [-0.2, 0) is 10.1 Å². The molecule has 0 aliphatic heterocycles. The second kappa shape index (κ2) is 4.01. The van der Waals surface area contributed by atoms with Gasteiger partial charge in [0.25, 0.3) is 10.1 Å². The number of hydrogen-bond donors (Lipinski definition) is 2. The molecular formula is C5H14N2O3S. The van der Waals surface area contributed by atoms with Gasteiger partial charge in [0.05, 0.1) is 5.75 Å². The average molecular weight is 182 g/mol. The Bertz CT molecular complexity index is 202. The lowest BCUT2D eigenvalue weighted by atomic mass is 10.4. The van der Waals surface area contributed by atoms with Gasteiger partial charge in [0.1, 0.15) is 0 Å². The van der Waals surface area contributed by atoms with E-state index >= 15 is 0 Å². The summed E-state index contributed by atoms with van der Waals surface area (Å²) in [6.07, 6.45) is 0. The van der Waals surface area contributed by atoms with Crippen LogP contribution in [0.2, 0.25) is 0 Å². The zero-order valence-electron chi connectivity index (χ0n) is 6.69. The average Bonchev–Trinajstić information content (AvgIpc) is 1.82. The molecule has 0 saturated carbocycles. The van der Waals surface area contributed by atoms with Gasteiger partial charge < -0.3 is 5.73 Å². The molecule has 6 heteroatoms. The Kier molecular flexibility index (Phi) is 3.95. The van der Waals surface area contributed by atoms with Gasteiger partial charge in [-0.05, 0) is 14.0 Å². The van der Waals surface area contributed by atoms with Gasteiger partial charge in [-0.2, -0.15) is 8.42 Å². The highest BCUT2D eigenvalue weighted by Crippen LogP contribution is 1.96. The van der Waals surface area contributed by atoms with Crippen molar-refractivity contribution >= 4 is 10.1 Å². The summed E-state index contributed by atoms with van der Waals surface area (Å²) < 4.78 is 29.1. The molecule has 0 fully saturated rings. The summed E-state index contributed by atoms with van der Waals surface area (Å²) in [5, 5.41) is 0. The minimum absolute atomic E-state index is 0.255. The highest BCUT2D eigenvalue weighted by Gasteiger charge is 2.14. The van der Waals surface area contributed by atoms with Crippen LogP contribution in [0.3, 0.4) is 0 Å². The molecule has 0 aromatic heterocycles. The monoisotopic (exact) mass is 182 g/mol. The smallest absolute Gasteiger partial charge is 0.266 e. The van der Waals surface area contributed by atoms with Crippen molar-refractivity contribution in [3.05, 3.63) is 0 Å². The summed E-state index contributed by atoms with van der Waals surface area (Å²) >= 11 is 0. The van der Waals surface area contributed by atoms with Gasteiger partial charge in [0.2, 0.25) is 0 Å².